The highest BCUT2D eigenvalue weighted by atomic mass is 32.2. The van der Waals surface area contributed by atoms with E-state index >= 15 is 0 Å². The molecule has 0 radical (unpaired) electrons. The van der Waals surface area contributed by atoms with Gasteiger partial charge in [0.2, 0.25) is 0 Å². The molecule has 0 bridgehead atoms. The molecule has 2 atom stereocenters. The highest BCUT2D eigenvalue weighted by molar-refractivity contribution is 8.00. The molecule has 1 saturated heterocycles. The Hall–Kier alpha value is -1.43. The second-order valence-corrected chi connectivity index (χ2v) is 5.91. The van der Waals surface area contributed by atoms with Crippen LogP contribution < -0.4 is 5.32 Å². The van der Waals surface area contributed by atoms with Crippen LogP contribution in [0.4, 0.5) is 11.4 Å². The second-order valence-electron chi connectivity index (χ2n) is 4.43. The molecule has 0 saturated carbocycles. The van der Waals surface area contributed by atoms with Crippen molar-refractivity contribution in [2.24, 2.45) is 0 Å². The van der Waals surface area contributed by atoms with Crippen molar-refractivity contribution in [3.8, 4) is 5.75 Å². The summed E-state index contributed by atoms with van der Waals surface area (Å²) in [7, 11) is 0. The summed E-state index contributed by atoms with van der Waals surface area (Å²) < 4.78 is 0. The van der Waals surface area contributed by atoms with Crippen LogP contribution in [0, 0.1) is 10.1 Å². The molecule has 0 spiro atoms. The van der Waals surface area contributed by atoms with Gasteiger partial charge in [-0.05, 0) is 30.7 Å². The Kier molecular flexibility index (Phi) is 3.96. The van der Waals surface area contributed by atoms with Crippen LogP contribution in [-0.2, 0) is 0 Å². The first-order chi connectivity index (χ1) is 8.58. The molecule has 2 rings (SSSR count). The number of hydrogen-bond donors (Lipinski definition) is 2. The first-order valence-corrected chi connectivity index (χ1v) is 6.98. The zero-order valence-corrected chi connectivity index (χ0v) is 10.9. The van der Waals surface area contributed by atoms with E-state index in [-0.39, 0.29) is 17.5 Å². The number of nitrogens with zero attached hydrogens (tertiary/aromatic N) is 1. The van der Waals surface area contributed by atoms with Crippen molar-refractivity contribution >= 4 is 23.1 Å². The van der Waals surface area contributed by atoms with Gasteiger partial charge in [0, 0.05) is 11.3 Å². The lowest BCUT2D eigenvalue weighted by molar-refractivity contribution is -0.384. The summed E-state index contributed by atoms with van der Waals surface area (Å²) in [6, 6.07) is 4.46. The van der Waals surface area contributed by atoms with Crippen LogP contribution in [0.5, 0.6) is 5.75 Å². The Morgan fingerprint density at radius 2 is 2.33 bits per heavy atom. The fourth-order valence-corrected chi connectivity index (χ4v) is 3.25. The van der Waals surface area contributed by atoms with Gasteiger partial charge in [-0.3, -0.25) is 10.1 Å². The molecule has 1 aromatic rings. The normalized spacial score (nSPS) is 23.6. The zero-order chi connectivity index (χ0) is 13.1. The molecule has 5 nitrogen and oxygen atoms in total. The average molecular weight is 268 g/mol. The van der Waals surface area contributed by atoms with Crippen molar-refractivity contribution in [2.45, 2.75) is 31.1 Å². The third kappa shape index (κ3) is 2.87. The number of nitro groups is 1. The van der Waals surface area contributed by atoms with Crippen molar-refractivity contribution in [3.05, 3.63) is 28.3 Å². The molecule has 1 aliphatic rings. The van der Waals surface area contributed by atoms with Crippen LogP contribution in [0.15, 0.2) is 18.2 Å². The van der Waals surface area contributed by atoms with Gasteiger partial charge in [-0.15, -0.1) is 0 Å². The van der Waals surface area contributed by atoms with Gasteiger partial charge in [-0.1, -0.05) is 6.92 Å². The summed E-state index contributed by atoms with van der Waals surface area (Å²) in [5.74, 6) is 1.06. The van der Waals surface area contributed by atoms with E-state index < -0.39 is 4.92 Å². The Balaban J connectivity index is 2.20. The van der Waals surface area contributed by atoms with Crippen LogP contribution >= 0.6 is 11.8 Å². The number of hydrogen-bond acceptors (Lipinski definition) is 5. The Bertz CT molecular complexity index is 453. The Morgan fingerprint density at radius 1 is 1.56 bits per heavy atom. The molecule has 1 aromatic carbocycles. The molecule has 0 aliphatic carbocycles. The van der Waals surface area contributed by atoms with E-state index in [1.165, 1.54) is 12.1 Å². The summed E-state index contributed by atoms with van der Waals surface area (Å²) >= 11 is 1.88. The minimum Gasteiger partial charge on any atom is -0.508 e. The molecule has 18 heavy (non-hydrogen) atoms. The molecule has 1 fully saturated rings. The average Bonchev–Trinajstić information content (AvgIpc) is 2.34. The monoisotopic (exact) mass is 268 g/mol. The van der Waals surface area contributed by atoms with Gasteiger partial charge in [-0.25, -0.2) is 0 Å². The first-order valence-electron chi connectivity index (χ1n) is 5.93. The smallest absolute Gasteiger partial charge is 0.296 e. The molecule has 2 unspecified atom stereocenters. The van der Waals surface area contributed by atoms with Crippen LogP contribution in [0.1, 0.15) is 19.8 Å². The molecule has 0 aromatic heterocycles. The van der Waals surface area contributed by atoms with Gasteiger partial charge >= 0.3 is 0 Å². The summed E-state index contributed by atoms with van der Waals surface area (Å²) in [5.41, 5.74) is 0.412. The fraction of sp³-hybridized carbons (Fsp3) is 0.500. The zero-order valence-electron chi connectivity index (χ0n) is 10.1. The number of nitro benzene ring substituents is 1. The first kappa shape index (κ1) is 13.0. The molecule has 98 valence electrons. The lowest BCUT2D eigenvalue weighted by Crippen LogP contribution is -2.32. The van der Waals surface area contributed by atoms with E-state index in [4.69, 9.17) is 0 Å². The van der Waals surface area contributed by atoms with Gasteiger partial charge in [-0.2, -0.15) is 11.8 Å². The molecule has 0 amide bonds. The molecule has 2 N–H and O–H groups in total. The van der Waals surface area contributed by atoms with E-state index in [0.717, 1.165) is 18.6 Å². The second kappa shape index (κ2) is 5.48. The van der Waals surface area contributed by atoms with Gasteiger partial charge in [0.05, 0.1) is 11.0 Å². The number of rotatable bonds is 3. The largest absolute Gasteiger partial charge is 0.508 e. The topological polar surface area (TPSA) is 75.4 Å². The Labute approximate surface area is 110 Å². The highest BCUT2D eigenvalue weighted by Gasteiger charge is 2.24. The third-order valence-electron chi connectivity index (χ3n) is 3.13. The van der Waals surface area contributed by atoms with Crippen LogP contribution in [0.3, 0.4) is 0 Å². The number of anilines is 1. The van der Waals surface area contributed by atoms with E-state index in [9.17, 15) is 15.2 Å². The number of thioether (sulfide) groups is 1. The van der Waals surface area contributed by atoms with Crippen molar-refractivity contribution in [2.75, 3.05) is 11.1 Å². The molecule has 1 heterocycles. The van der Waals surface area contributed by atoms with E-state index in [1.807, 2.05) is 11.8 Å². The van der Waals surface area contributed by atoms with E-state index in [2.05, 4.69) is 12.2 Å². The summed E-state index contributed by atoms with van der Waals surface area (Å²) in [5, 5.41) is 23.9. The summed E-state index contributed by atoms with van der Waals surface area (Å²) in [6.07, 6.45) is 2.14. The number of benzene rings is 1. The lowest BCUT2D eigenvalue weighted by Gasteiger charge is -2.29. The Morgan fingerprint density at radius 3 is 3.00 bits per heavy atom. The quantitative estimate of drug-likeness (QED) is 0.500. The van der Waals surface area contributed by atoms with Crippen molar-refractivity contribution < 1.29 is 10.0 Å². The minimum atomic E-state index is -0.470. The fourth-order valence-electron chi connectivity index (χ4n) is 2.11. The number of aromatic hydroxyl groups is 1. The van der Waals surface area contributed by atoms with Crippen molar-refractivity contribution in [1.29, 1.82) is 0 Å². The maximum Gasteiger partial charge on any atom is 0.296 e. The van der Waals surface area contributed by atoms with Crippen molar-refractivity contribution in [1.82, 2.24) is 0 Å². The molecular weight excluding hydrogens is 252 g/mol. The standard InChI is InChI=1S/C12H16N2O3S/c1-8-10(3-2-6-18-8)13-11-5-4-9(15)7-12(11)14(16)17/h4-5,7-8,10,13,15H,2-3,6H2,1H3. The van der Waals surface area contributed by atoms with Gasteiger partial charge in [0.25, 0.3) is 5.69 Å². The SMILES string of the molecule is CC1SCCCC1Nc1ccc(O)cc1[N+](=O)[O-]. The number of phenols is 1. The molecular formula is C12H16N2O3S. The molecule has 6 heteroatoms. The van der Waals surface area contributed by atoms with Gasteiger partial charge in [0.15, 0.2) is 0 Å². The van der Waals surface area contributed by atoms with Crippen LogP contribution in [0.25, 0.3) is 0 Å². The predicted octanol–water partition coefficient (Wildman–Crippen LogP) is 3.00. The number of nitrogens with one attached hydrogen (secondary N) is 1. The molecule has 1 aliphatic heterocycles. The van der Waals surface area contributed by atoms with Gasteiger partial charge < -0.3 is 10.4 Å². The maximum atomic E-state index is 10.9. The summed E-state index contributed by atoms with van der Waals surface area (Å²) in [4.78, 5) is 10.5. The third-order valence-corrected chi connectivity index (χ3v) is 4.50. The predicted molar refractivity (Wildman–Crippen MR) is 73.3 cm³/mol. The van der Waals surface area contributed by atoms with Crippen molar-refractivity contribution in [3.63, 3.8) is 0 Å². The summed E-state index contributed by atoms with van der Waals surface area (Å²) in [6.45, 7) is 2.13. The lowest BCUT2D eigenvalue weighted by atomic mass is 10.1. The number of phenolic OH excluding ortho intramolecular Hbond substituents is 1. The van der Waals surface area contributed by atoms with Gasteiger partial charge in [0.1, 0.15) is 11.4 Å². The van der Waals surface area contributed by atoms with E-state index in [1.54, 1.807) is 6.07 Å². The highest BCUT2D eigenvalue weighted by Crippen LogP contribution is 2.33. The maximum absolute atomic E-state index is 10.9. The van der Waals surface area contributed by atoms with Crippen LogP contribution in [0.2, 0.25) is 0 Å². The van der Waals surface area contributed by atoms with E-state index in [0.29, 0.717) is 10.9 Å². The van der Waals surface area contributed by atoms with Crippen LogP contribution in [-0.4, -0.2) is 27.1 Å². The minimum absolute atomic E-state index is 0.0715.